The normalized spacial score (nSPS) is 11.2. The van der Waals surface area contributed by atoms with Gasteiger partial charge in [-0.2, -0.15) is 0 Å². The molecule has 0 unspecified atom stereocenters. The van der Waals surface area contributed by atoms with Gasteiger partial charge in [0.1, 0.15) is 34.9 Å². The maximum atomic E-state index is 14.9. The highest BCUT2D eigenvalue weighted by atomic mass is 35.5. The van der Waals surface area contributed by atoms with Crippen molar-refractivity contribution in [3.05, 3.63) is 83.2 Å². The van der Waals surface area contributed by atoms with Gasteiger partial charge in [0.2, 0.25) is 0 Å². The van der Waals surface area contributed by atoms with E-state index in [0.29, 0.717) is 18.2 Å². The summed E-state index contributed by atoms with van der Waals surface area (Å²) in [5, 5.41) is -4.78. The number of hydrogen-bond donors (Lipinski definition) is 0. The lowest BCUT2D eigenvalue weighted by atomic mass is 9.36. The molecule has 0 spiro atoms. The fourth-order valence-electron chi connectivity index (χ4n) is 2.97. The largest absolute Gasteiger partial charge is 0.264 e. The predicted octanol–water partition coefficient (Wildman–Crippen LogP) is 6.96. The molecule has 0 heterocycles. The summed E-state index contributed by atoms with van der Waals surface area (Å²) in [6.07, 6.45) is 0. The molecule has 3 rings (SSSR count). The smallest absolute Gasteiger partial charge is 0.206 e. The van der Waals surface area contributed by atoms with Crippen molar-refractivity contribution in [2.24, 2.45) is 0 Å². The molecule has 3 aromatic rings. The molecule has 0 N–H and O–H groups in total. The zero-order chi connectivity index (χ0) is 23.4. The van der Waals surface area contributed by atoms with Crippen molar-refractivity contribution >= 4 is 92.7 Å². The van der Waals surface area contributed by atoms with Gasteiger partial charge in [-0.05, 0) is 18.2 Å². The Kier molecular flexibility index (Phi) is 7.26. The molecule has 31 heavy (non-hydrogen) atoms. The Labute approximate surface area is 201 Å². The van der Waals surface area contributed by atoms with E-state index in [0.717, 1.165) is 0 Å². The lowest BCUT2D eigenvalue weighted by Gasteiger charge is -2.22. The zero-order valence-electron chi connectivity index (χ0n) is 14.3. The summed E-state index contributed by atoms with van der Waals surface area (Å²) in [4.78, 5) is 0. The fraction of sp³-hybridized carbons (Fsp3) is 0. The van der Waals surface area contributed by atoms with Gasteiger partial charge in [-0.1, -0.05) is 69.6 Å². The summed E-state index contributed by atoms with van der Waals surface area (Å²) in [7, 11) is 0. The van der Waals surface area contributed by atoms with Gasteiger partial charge >= 0.3 is 0 Å². The van der Waals surface area contributed by atoms with Crippen molar-refractivity contribution in [1.82, 2.24) is 0 Å². The third kappa shape index (κ3) is 4.21. The molecule has 0 amide bonds. The second-order valence-electron chi connectivity index (χ2n) is 6.08. The molecule has 0 nitrogen and oxygen atoms in total. The van der Waals surface area contributed by atoms with Gasteiger partial charge in [-0.25, -0.2) is 26.3 Å². The molecule has 0 bridgehead atoms. The molecule has 0 saturated carbocycles. The summed E-state index contributed by atoms with van der Waals surface area (Å²) in [5.74, 6) is -9.59. The van der Waals surface area contributed by atoms with Crippen molar-refractivity contribution in [3.8, 4) is 0 Å². The van der Waals surface area contributed by atoms with E-state index in [9.17, 15) is 26.3 Å². The Morgan fingerprint density at radius 3 is 0.710 bits per heavy atom. The fourth-order valence-corrected chi connectivity index (χ4v) is 4.40. The predicted molar refractivity (Wildman–Crippen MR) is 114 cm³/mol. The van der Waals surface area contributed by atoms with Crippen molar-refractivity contribution in [2.45, 2.75) is 0 Å². The van der Waals surface area contributed by atoms with E-state index in [1.54, 1.807) is 0 Å². The molecule has 0 aliphatic carbocycles. The first-order valence-electron chi connectivity index (χ1n) is 7.87. The minimum absolute atomic E-state index is 0.656. The summed E-state index contributed by atoms with van der Waals surface area (Å²) in [6, 6.07) is 1.97. The van der Waals surface area contributed by atoms with E-state index in [4.69, 9.17) is 69.6 Å². The van der Waals surface area contributed by atoms with Crippen LogP contribution in [0.15, 0.2) is 18.2 Å². The Morgan fingerprint density at radius 1 is 0.387 bits per heavy atom. The van der Waals surface area contributed by atoms with Crippen molar-refractivity contribution in [1.29, 1.82) is 0 Å². The summed E-state index contributed by atoms with van der Waals surface area (Å²) < 4.78 is 89.6. The number of halogens is 12. The average Bonchev–Trinajstić information content (AvgIpc) is 2.69. The molecule has 0 aliphatic heterocycles. The Morgan fingerprint density at radius 2 is 0.548 bits per heavy atom. The number of benzene rings is 3. The van der Waals surface area contributed by atoms with Crippen LogP contribution in [0.4, 0.5) is 26.3 Å². The van der Waals surface area contributed by atoms with Gasteiger partial charge in [-0.15, -0.1) is 0 Å². The number of hydrogen-bond acceptors (Lipinski definition) is 0. The molecule has 13 heteroatoms. The highest BCUT2D eigenvalue weighted by Gasteiger charge is 2.41. The molecule has 0 atom stereocenters. The van der Waals surface area contributed by atoms with Gasteiger partial charge in [0.05, 0.1) is 30.1 Å². The maximum absolute atomic E-state index is 14.9. The molecule has 0 aromatic heterocycles. The van der Waals surface area contributed by atoms with Crippen LogP contribution in [0.25, 0.3) is 0 Å². The van der Waals surface area contributed by atoms with Crippen LogP contribution in [0.3, 0.4) is 0 Å². The van der Waals surface area contributed by atoms with Crippen LogP contribution in [-0.4, -0.2) is 6.71 Å². The first kappa shape index (κ1) is 24.7. The first-order chi connectivity index (χ1) is 14.4. The monoisotopic (exact) mass is 554 g/mol. The van der Waals surface area contributed by atoms with E-state index >= 15 is 0 Å². The molecule has 0 fully saturated rings. The standard InChI is InChI=1S/C18H3BCl6F6/c20-4-1-5(21)14(27)10(13(4)26)19(11-15(28)6(22)2-7(23)16(11)29)12-17(30)8(24)3-9(25)18(12)31/h1-3H. The van der Waals surface area contributed by atoms with Crippen molar-refractivity contribution < 1.29 is 26.3 Å². The minimum atomic E-state index is -2.51. The van der Waals surface area contributed by atoms with Crippen LogP contribution in [0.2, 0.25) is 30.1 Å². The second kappa shape index (κ2) is 9.12. The summed E-state index contributed by atoms with van der Waals surface area (Å²) in [6.45, 7) is -2.51. The summed E-state index contributed by atoms with van der Waals surface area (Å²) in [5.41, 5.74) is -3.86. The first-order valence-corrected chi connectivity index (χ1v) is 10.1. The molecule has 0 radical (unpaired) electrons. The van der Waals surface area contributed by atoms with Crippen LogP contribution in [0.1, 0.15) is 0 Å². The lowest BCUT2D eigenvalue weighted by Crippen LogP contribution is -2.59. The molecule has 0 aliphatic rings. The molecule has 162 valence electrons. The third-order valence-corrected chi connectivity index (χ3v) is 5.95. The van der Waals surface area contributed by atoms with E-state index < -0.39 is 88.1 Å². The topological polar surface area (TPSA) is 0 Å². The van der Waals surface area contributed by atoms with Gasteiger partial charge < -0.3 is 0 Å². The van der Waals surface area contributed by atoms with Gasteiger partial charge in [0, 0.05) is 16.4 Å². The van der Waals surface area contributed by atoms with Gasteiger partial charge in [-0.3, -0.25) is 0 Å². The zero-order valence-corrected chi connectivity index (χ0v) is 18.9. The third-order valence-electron chi connectivity index (χ3n) is 4.30. The second-order valence-corrected chi connectivity index (χ2v) is 8.52. The van der Waals surface area contributed by atoms with E-state index in [2.05, 4.69) is 0 Å². The summed E-state index contributed by atoms with van der Waals surface area (Å²) >= 11 is 34.1. The van der Waals surface area contributed by atoms with E-state index in [1.165, 1.54) is 0 Å². The van der Waals surface area contributed by atoms with Crippen molar-refractivity contribution in [3.63, 3.8) is 0 Å². The average molecular weight is 557 g/mol. The van der Waals surface area contributed by atoms with E-state index in [-0.39, 0.29) is 0 Å². The Hall–Kier alpha value is -0.955. The Bertz CT molecular complexity index is 1010. The van der Waals surface area contributed by atoms with Crippen LogP contribution in [0, 0.1) is 34.9 Å². The molecule has 3 aromatic carbocycles. The Balaban J connectivity index is 2.61. The van der Waals surface area contributed by atoms with Gasteiger partial charge in [0.15, 0.2) is 0 Å². The number of rotatable bonds is 3. The quantitative estimate of drug-likeness (QED) is 0.186. The van der Waals surface area contributed by atoms with Crippen LogP contribution in [-0.2, 0) is 0 Å². The van der Waals surface area contributed by atoms with Gasteiger partial charge in [0.25, 0.3) is 6.71 Å². The molecular formula is C18H3BCl6F6. The lowest BCUT2D eigenvalue weighted by molar-refractivity contribution is 0.589. The minimum Gasteiger partial charge on any atom is -0.206 e. The SMILES string of the molecule is Fc1c(Cl)cc(Cl)c(F)c1B(c1c(F)c(Cl)cc(Cl)c1F)c1c(F)c(Cl)cc(Cl)c1F. The van der Waals surface area contributed by atoms with Crippen molar-refractivity contribution in [2.75, 3.05) is 0 Å². The van der Waals surface area contributed by atoms with E-state index in [1.807, 2.05) is 0 Å². The van der Waals surface area contributed by atoms with Crippen LogP contribution < -0.4 is 16.4 Å². The molecule has 0 saturated heterocycles. The van der Waals surface area contributed by atoms with Crippen LogP contribution >= 0.6 is 69.6 Å². The highest BCUT2D eigenvalue weighted by Crippen LogP contribution is 2.28. The maximum Gasteiger partial charge on any atom is 0.264 e. The highest BCUT2D eigenvalue weighted by molar-refractivity contribution is 6.96. The molecular weight excluding hydrogens is 554 g/mol. The van der Waals surface area contributed by atoms with Crippen LogP contribution in [0.5, 0.6) is 0 Å².